The van der Waals surface area contributed by atoms with E-state index < -0.39 is 5.41 Å². The Morgan fingerprint density at radius 1 is 1.17 bits per heavy atom. The summed E-state index contributed by atoms with van der Waals surface area (Å²) in [5.41, 5.74) is -0.456. The first-order valence-electron chi connectivity index (χ1n) is 8.06. The highest BCUT2D eigenvalue weighted by Gasteiger charge is 2.40. The molecule has 0 unspecified atom stereocenters. The number of ether oxygens (including phenoxy) is 2. The lowest BCUT2D eigenvalue weighted by Gasteiger charge is -2.37. The first-order chi connectivity index (χ1) is 10.9. The normalized spacial score (nSPS) is 20.7. The maximum Gasteiger partial charge on any atom is 0.230 e. The molecule has 1 spiro atoms. The fraction of sp³-hybridized carbons (Fsp3) is 0.688. The second-order valence-electron chi connectivity index (χ2n) is 7.08. The largest absolute Gasteiger partial charge is 0.355 e. The van der Waals surface area contributed by atoms with Gasteiger partial charge in [0, 0.05) is 31.3 Å². The number of rotatable bonds is 2. The number of nitrogens with one attached hydrogen (secondary N) is 1. The standard InChI is InChI=1S/C16H24N4O3/c1-15(2,3)14(21)17-12-4-5-13(19-18-12)20-8-6-16(7-9-20)22-10-11-23-16/h4-5H,6-11H2,1-3H3,(H,17,18,21). The van der Waals surface area contributed by atoms with Crippen molar-refractivity contribution in [2.45, 2.75) is 39.4 Å². The van der Waals surface area contributed by atoms with Crippen LogP contribution < -0.4 is 10.2 Å². The van der Waals surface area contributed by atoms with Gasteiger partial charge in [0.05, 0.1) is 13.2 Å². The lowest BCUT2D eigenvalue weighted by Crippen LogP contribution is -2.45. The van der Waals surface area contributed by atoms with E-state index in [0.29, 0.717) is 19.0 Å². The lowest BCUT2D eigenvalue weighted by molar-refractivity contribution is -0.169. The molecule has 0 atom stereocenters. The first-order valence-corrected chi connectivity index (χ1v) is 8.06. The highest BCUT2D eigenvalue weighted by Crippen LogP contribution is 2.32. The second kappa shape index (κ2) is 6.05. The van der Waals surface area contributed by atoms with Crippen molar-refractivity contribution in [1.29, 1.82) is 0 Å². The molecule has 7 heteroatoms. The van der Waals surface area contributed by atoms with Gasteiger partial charge < -0.3 is 19.7 Å². The van der Waals surface area contributed by atoms with Crippen molar-refractivity contribution >= 4 is 17.5 Å². The monoisotopic (exact) mass is 320 g/mol. The molecule has 126 valence electrons. The minimum absolute atomic E-state index is 0.0741. The first kappa shape index (κ1) is 16.1. The van der Waals surface area contributed by atoms with Crippen LogP contribution in [0.25, 0.3) is 0 Å². The van der Waals surface area contributed by atoms with Crippen LogP contribution in [0.4, 0.5) is 11.6 Å². The molecular weight excluding hydrogens is 296 g/mol. The second-order valence-corrected chi connectivity index (χ2v) is 7.08. The van der Waals surface area contributed by atoms with Crippen molar-refractivity contribution in [3.05, 3.63) is 12.1 Å². The Morgan fingerprint density at radius 3 is 2.35 bits per heavy atom. The fourth-order valence-electron chi connectivity index (χ4n) is 2.73. The zero-order valence-corrected chi connectivity index (χ0v) is 14.0. The Bertz CT molecular complexity index is 552. The highest BCUT2D eigenvalue weighted by atomic mass is 16.7. The summed E-state index contributed by atoms with van der Waals surface area (Å²) in [7, 11) is 0. The predicted molar refractivity (Wildman–Crippen MR) is 86.2 cm³/mol. The van der Waals surface area contributed by atoms with Gasteiger partial charge in [0.1, 0.15) is 0 Å². The van der Waals surface area contributed by atoms with Crippen molar-refractivity contribution in [2.24, 2.45) is 5.41 Å². The van der Waals surface area contributed by atoms with Gasteiger partial charge in [-0.1, -0.05) is 20.8 Å². The molecule has 2 aliphatic rings. The van der Waals surface area contributed by atoms with Gasteiger partial charge >= 0.3 is 0 Å². The van der Waals surface area contributed by atoms with Crippen LogP contribution in [-0.2, 0) is 14.3 Å². The Labute approximate surface area is 136 Å². The molecule has 1 aromatic rings. The predicted octanol–water partition coefficient (Wildman–Crippen LogP) is 1.80. The summed E-state index contributed by atoms with van der Waals surface area (Å²) in [6.07, 6.45) is 1.66. The summed E-state index contributed by atoms with van der Waals surface area (Å²) in [6.45, 7) is 8.59. The van der Waals surface area contributed by atoms with E-state index in [1.165, 1.54) is 0 Å². The van der Waals surface area contributed by atoms with E-state index >= 15 is 0 Å². The lowest BCUT2D eigenvalue weighted by atomic mass is 9.96. The van der Waals surface area contributed by atoms with E-state index in [1.54, 1.807) is 6.07 Å². The quantitative estimate of drug-likeness (QED) is 0.895. The van der Waals surface area contributed by atoms with Crippen LogP contribution >= 0.6 is 0 Å². The van der Waals surface area contributed by atoms with Crippen molar-refractivity contribution < 1.29 is 14.3 Å². The van der Waals surface area contributed by atoms with Crippen LogP contribution in [0.1, 0.15) is 33.6 Å². The average Bonchev–Trinajstić information content (AvgIpc) is 2.96. The van der Waals surface area contributed by atoms with Gasteiger partial charge in [0.2, 0.25) is 5.91 Å². The Morgan fingerprint density at radius 2 is 1.83 bits per heavy atom. The minimum atomic E-state index is -0.456. The number of piperidine rings is 1. The van der Waals surface area contributed by atoms with Crippen LogP contribution in [-0.4, -0.2) is 48.2 Å². The molecule has 1 aromatic heterocycles. The van der Waals surface area contributed by atoms with Gasteiger partial charge in [-0.25, -0.2) is 0 Å². The molecular formula is C16H24N4O3. The number of aromatic nitrogens is 2. The van der Waals surface area contributed by atoms with Crippen molar-refractivity contribution in [3.63, 3.8) is 0 Å². The van der Waals surface area contributed by atoms with E-state index in [1.807, 2.05) is 26.8 Å². The number of carbonyl (C=O) groups excluding carboxylic acids is 1. The third-order valence-corrected chi connectivity index (χ3v) is 4.24. The van der Waals surface area contributed by atoms with Crippen molar-refractivity contribution in [1.82, 2.24) is 10.2 Å². The van der Waals surface area contributed by atoms with Crippen LogP contribution in [0, 0.1) is 5.41 Å². The van der Waals surface area contributed by atoms with Crippen LogP contribution in [0.5, 0.6) is 0 Å². The van der Waals surface area contributed by atoms with Gasteiger partial charge in [0.25, 0.3) is 0 Å². The van der Waals surface area contributed by atoms with Gasteiger partial charge in [-0.3, -0.25) is 4.79 Å². The summed E-state index contributed by atoms with van der Waals surface area (Å²) in [6, 6.07) is 3.68. The molecule has 0 radical (unpaired) electrons. The average molecular weight is 320 g/mol. The van der Waals surface area contributed by atoms with Crippen molar-refractivity contribution in [2.75, 3.05) is 36.5 Å². The molecule has 0 bridgehead atoms. The number of anilines is 2. The molecule has 7 nitrogen and oxygen atoms in total. The van der Waals surface area contributed by atoms with E-state index in [-0.39, 0.29) is 11.7 Å². The Hall–Kier alpha value is -1.73. The molecule has 1 N–H and O–H groups in total. The number of carbonyl (C=O) groups is 1. The summed E-state index contributed by atoms with van der Waals surface area (Å²) in [5.74, 6) is 0.830. The van der Waals surface area contributed by atoms with Gasteiger partial charge in [-0.05, 0) is 12.1 Å². The SMILES string of the molecule is CC(C)(C)C(=O)Nc1ccc(N2CCC3(CC2)OCCO3)nn1. The molecule has 3 rings (SSSR count). The summed E-state index contributed by atoms with van der Waals surface area (Å²) in [5, 5.41) is 11.1. The summed E-state index contributed by atoms with van der Waals surface area (Å²) >= 11 is 0. The van der Waals surface area contributed by atoms with Gasteiger partial charge in [-0.2, -0.15) is 0 Å². The molecule has 2 aliphatic heterocycles. The van der Waals surface area contributed by atoms with Gasteiger partial charge in [0.15, 0.2) is 17.4 Å². The zero-order chi connectivity index (χ0) is 16.5. The molecule has 2 fully saturated rings. The van der Waals surface area contributed by atoms with Crippen LogP contribution in [0.15, 0.2) is 12.1 Å². The summed E-state index contributed by atoms with van der Waals surface area (Å²) in [4.78, 5) is 14.1. The number of hydrogen-bond acceptors (Lipinski definition) is 6. The van der Waals surface area contributed by atoms with Crippen molar-refractivity contribution in [3.8, 4) is 0 Å². The maximum absolute atomic E-state index is 11.9. The highest BCUT2D eigenvalue weighted by molar-refractivity contribution is 5.93. The summed E-state index contributed by atoms with van der Waals surface area (Å²) < 4.78 is 11.5. The minimum Gasteiger partial charge on any atom is -0.355 e. The Balaban J connectivity index is 1.59. The third kappa shape index (κ3) is 3.61. The van der Waals surface area contributed by atoms with Gasteiger partial charge in [-0.15, -0.1) is 10.2 Å². The van der Waals surface area contributed by atoms with E-state index in [2.05, 4.69) is 20.4 Å². The molecule has 1 amide bonds. The van der Waals surface area contributed by atoms with Crippen LogP contribution in [0.2, 0.25) is 0 Å². The maximum atomic E-state index is 11.9. The fourth-order valence-corrected chi connectivity index (χ4v) is 2.73. The molecule has 23 heavy (non-hydrogen) atoms. The molecule has 0 aliphatic carbocycles. The Kier molecular flexibility index (Phi) is 4.25. The van der Waals surface area contributed by atoms with Crippen LogP contribution in [0.3, 0.4) is 0 Å². The smallest absolute Gasteiger partial charge is 0.230 e. The van der Waals surface area contributed by atoms with E-state index in [9.17, 15) is 4.79 Å². The number of nitrogens with zero attached hydrogens (tertiary/aromatic N) is 3. The van der Waals surface area contributed by atoms with E-state index in [4.69, 9.17) is 9.47 Å². The number of amides is 1. The molecule has 0 saturated carbocycles. The zero-order valence-electron chi connectivity index (χ0n) is 14.0. The third-order valence-electron chi connectivity index (χ3n) is 4.24. The topological polar surface area (TPSA) is 76.6 Å². The number of hydrogen-bond donors (Lipinski definition) is 1. The molecule has 0 aromatic carbocycles. The molecule has 2 saturated heterocycles. The van der Waals surface area contributed by atoms with E-state index in [0.717, 1.165) is 31.7 Å². The molecule has 3 heterocycles.